The number of rotatable bonds is 9. The van der Waals surface area contributed by atoms with E-state index >= 15 is 0 Å². The van der Waals surface area contributed by atoms with Crippen molar-refractivity contribution >= 4 is 47.4 Å². The summed E-state index contributed by atoms with van der Waals surface area (Å²) in [6.45, 7) is 0. The minimum absolute atomic E-state index is 0.0268. The van der Waals surface area contributed by atoms with Gasteiger partial charge in [-0.1, -0.05) is 0 Å². The second-order valence-corrected chi connectivity index (χ2v) is 7.84. The maximum Gasteiger partial charge on any atom is 0.335 e. The van der Waals surface area contributed by atoms with Crippen molar-refractivity contribution in [1.82, 2.24) is 0 Å². The molecule has 146 valence electrons. The molecule has 0 bridgehead atoms. The molecule has 0 aliphatic rings. The molecule has 0 saturated carbocycles. The highest BCUT2D eigenvalue weighted by atomic mass is 32.2. The van der Waals surface area contributed by atoms with Gasteiger partial charge in [-0.15, -0.1) is 23.5 Å². The Morgan fingerprint density at radius 1 is 0.571 bits per heavy atom. The number of benzene rings is 2. The predicted molar refractivity (Wildman–Crippen MR) is 101 cm³/mol. The van der Waals surface area contributed by atoms with Crippen LogP contribution < -0.4 is 0 Å². The average molecular weight is 422 g/mol. The Kier molecular flexibility index (Phi) is 7.07. The normalized spacial score (nSPS) is 12.7. The molecule has 2 unspecified atom stereocenters. The summed E-state index contributed by atoms with van der Waals surface area (Å²) in [4.78, 5) is 46.0. The molecule has 10 heteroatoms. The first-order chi connectivity index (χ1) is 13.2. The van der Waals surface area contributed by atoms with E-state index in [9.17, 15) is 29.4 Å². The highest BCUT2D eigenvalue weighted by Gasteiger charge is 2.35. The van der Waals surface area contributed by atoms with E-state index in [0.717, 1.165) is 23.5 Å². The maximum atomic E-state index is 11.7. The van der Waals surface area contributed by atoms with Crippen molar-refractivity contribution in [3.05, 3.63) is 59.7 Å². The fourth-order valence-electron chi connectivity index (χ4n) is 2.13. The van der Waals surface area contributed by atoms with Crippen molar-refractivity contribution in [2.75, 3.05) is 0 Å². The first kappa shape index (κ1) is 21.3. The molecule has 0 amide bonds. The lowest BCUT2D eigenvalue weighted by molar-refractivity contribution is -0.142. The zero-order valence-electron chi connectivity index (χ0n) is 14.0. The van der Waals surface area contributed by atoms with Crippen molar-refractivity contribution in [2.45, 2.75) is 20.3 Å². The highest BCUT2D eigenvalue weighted by molar-refractivity contribution is 8.04. The van der Waals surface area contributed by atoms with Crippen LogP contribution in [0.15, 0.2) is 58.3 Å². The number of thioether (sulfide) groups is 2. The first-order valence-electron chi connectivity index (χ1n) is 7.64. The Bertz CT molecular complexity index is 817. The first-order valence-corrected chi connectivity index (χ1v) is 9.40. The summed E-state index contributed by atoms with van der Waals surface area (Å²) in [6.07, 6.45) is 0. The molecule has 2 aromatic rings. The zero-order valence-corrected chi connectivity index (χ0v) is 15.6. The third kappa shape index (κ3) is 5.51. The molecule has 28 heavy (non-hydrogen) atoms. The fourth-order valence-corrected chi connectivity index (χ4v) is 4.32. The van der Waals surface area contributed by atoms with E-state index in [0.29, 0.717) is 9.79 Å². The SMILES string of the molecule is O=C(O)c1ccc(SC(C(=O)O)C(Sc2ccc(C(=O)O)cc2)C(=O)O)cc1. The number of aromatic carboxylic acids is 2. The van der Waals surface area contributed by atoms with Crippen LogP contribution in [0.4, 0.5) is 0 Å². The molecule has 0 aromatic heterocycles. The molecule has 0 fully saturated rings. The van der Waals surface area contributed by atoms with Gasteiger partial charge in [-0.25, -0.2) is 9.59 Å². The van der Waals surface area contributed by atoms with Gasteiger partial charge in [-0.05, 0) is 48.5 Å². The van der Waals surface area contributed by atoms with Crippen molar-refractivity contribution in [2.24, 2.45) is 0 Å². The van der Waals surface area contributed by atoms with E-state index in [-0.39, 0.29) is 11.1 Å². The van der Waals surface area contributed by atoms with Gasteiger partial charge in [0, 0.05) is 9.79 Å². The summed E-state index contributed by atoms with van der Waals surface area (Å²) in [5, 5.41) is 34.1. The van der Waals surface area contributed by atoms with Gasteiger partial charge in [0.05, 0.1) is 11.1 Å². The molecule has 0 aliphatic carbocycles. The molecule has 0 aliphatic heterocycles. The summed E-state index contributed by atoms with van der Waals surface area (Å²) in [6, 6.07) is 10.9. The molecule has 0 spiro atoms. The van der Waals surface area contributed by atoms with Crippen molar-refractivity contribution in [1.29, 1.82) is 0 Å². The fraction of sp³-hybridized carbons (Fsp3) is 0.111. The smallest absolute Gasteiger partial charge is 0.335 e. The van der Waals surface area contributed by atoms with Crippen LogP contribution in [0.25, 0.3) is 0 Å². The zero-order chi connectivity index (χ0) is 20.8. The lowest BCUT2D eigenvalue weighted by atomic mass is 10.2. The second-order valence-electron chi connectivity index (χ2n) is 5.41. The molecule has 8 nitrogen and oxygen atoms in total. The standard InChI is InChI=1S/C18H14O8S2/c19-15(20)9-1-5-11(6-2-9)27-13(17(23)24)14(18(25)26)28-12-7-3-10(4-8-12)16(21)22/h1-8,13-14H,(H,19,20)(H,21,22)(H,23,24)(H,25,26). The Morgan fingerprint density at radius 2 is 0.857 bits per heavy atom. The molecular formula is C18H14O8S2. The van der Waals surface area contributed by atoms with Gasteiger partial charge in [0.25, 0.3) is 0 Å². The number of carboxylic acids is 4. The molecule has 2 aromatic carbocycles. The van der Waals surface area contributed by atoms with Crippen LogP contribution in [0.1, 0.15) is 20.7 Å². The topological polar surface area (TPSA) is 149 Å². The van der Waals surface area contributed by atoms with Gasteiger partial charge < -0.3 is 20.4 Å². The molecule has 2 rings (SSSR count). The van der Waals surface area contributed by atoms with Crippen molar-refractivity contribution in [3.63, 3.8) is 0 Å². The van der Waals surface area contributed by atoms with Gasteiger partial charge in [0.1, 0.15) is 10.5 Å². The summed E-state index contributed by atoms with van der Waals surface area (Å²) in [5.74, 6) is -4.94. The van der Waals surface area contributed by atoms with E-state index in [2.05, 4.69) is 0 Å². The molecular weight excluding hydrogens is 408 g/mol. The highest BCUT2D eigenvalue weighted by Crippen LogP contribution is 2.35. The van der Waals surface area contributed by atoms with E-state index in [1.165, 1.54) is 48.5 Å². The summed E-state index contributed by atoms with van der Waals surface area (Å²) in [5.41, 5.74) is 0.0535. The van der Waals surface area contributed by atoms with Crippen LogP contribution in [-0.4, -0.2) is 54.8 Å². The van der Waals surface area contributed by atoms with Crippen LogP contribution in [0.3, 0.4) is 0 Å². The Hall–Kier alpha value is -2.98. The Morgan fingerprint density at radius 3 is 1.07 bits per heavy atom. The molecule has 0 radical (unpaired) electrons. The largest absolute Gasteiger partial charge is 0.480 e. The monoisotopic (exact) mass is 422 g/mol. The number of carboxylic acid groups (broad SMARTS) is 4. The average Bonchev–Trinajstić information content (AvgIpc) is 2.64. The van der Waals surface area contributed by atoms with Crippen LogP contribution in [0, 0.1) is 0 Å². The number of hydrogen-bond acceptors (Lipinski definition) is 6. The van der Waals surface area contributed by atoms with Gasteiger partial charge in [-0.3, -0.25) is 9.59 Å². The van der Waals surface area contributed by atoms with Gasteiger partial charge in [0.2, 0.25) is 0 Å². The van der Waals surface area contributed by atoms with Crippen molar-refractivity contribution < 1.29 is 39.6 Å². The predicted octanol–water partition coefficient (Wildman–Crippen LogP) is 2.87. The number of aliphatic carboxylic acids is 2. The summed E-state index contributed by atoms with van der Waals surface area (Å²) < 4.78 is 0. The quantitative estimate of drug-likeness (QED) is 0.444. The molecule has 4 N–H and O–H groups in total. The Balaban J connectivity index is 2.23. The summed E-state index contributed by atoms with van der Waals surface area (Å²) in [7, 11) is 0. The van der Waals surface area contributed by atoms with E-state index in [4.69, 9.17) is 10.2 Å². The van der Waals surface area contributed by atoms with Crippen LogP contribution in [0.2, 0.25) is 0 Å². The third-order valence-electron chi connectivity index (χ3n) is 3.49. The lowest BCUT2D eigenvalue weighted by Crippen LogP contribution is -2.35. The maximum absolute atomic E-state index is 11.7. The van der Waals surface area contributed by atoms with E-state index in [1.807, 2.05) is 0 Å². The van der Waals surface area contributed by atoms with E-state index < -0.39 is 34.4 Å². The lowest BCUT2D eigenvalue weighted by Gasteiger charge is -2.19. The van der Waals surface area contributed by atoms with E-state index in [1.54, 1.807) is 0 Å². The molecule has 0 heterocycles. The minimum Gasteiger partial charge on any atom is -0.480 e. The van der Waals surface area contributed by atoms with Crippen LogP contribution in [0.5, 0.6) is 0 Å². The van der Waals surface area contributed by atoms with Crippen LogP contribution >= 0.6 is 23.5 Å². The summed E-state index contributed by atoms with van der Waals surface area (Å²) >= 11 is 1.59. The third-order valence-corrected chi connectivity index (χ3v) is 6.21. The minimum atomic E-state index is -1.36. The van der Waals surface area contributed by atoms with Gasteiger partial charge >= 0.3 is 23.9 Å². The number of hydrogen-bond donors (Lipinski definition) is 4. The second kappa shape index (κ2) is 9.29. The van der Waals surface area contributed by atoms with Gasteiger partial charge in [-0.2, -0.15) is 0 Å². The Labute approximate surface area is 167 Å². The van der Waals surface area contributed by atoms with Crippen LogP contribution in [-0.2, 0) is 9.59 Å². The van der Waals surface area contributed by atoms with Crippen molar-refractivity contribution in [3.8, 4) is 0 Å². The molecule has 0 saturated heterocycles. The number of carbonyl (C=O) groups is 4. The molecule has 2 atom stereocenters. The van der Waals surface area contributed by atoms with Gasteiger partial charge in [0.15, 0.2) is 0 Å².